The van der Waals surface area contributed by atoms with Crippen molar-refractivity contribution in [1.82, 2.24) is 47.5 Å². The maximum atomic E-state index is 14.4. The number of hydrogen-bond acceptors (Lipinski definition) is 17. The van der Waals surface area contributed by atoms with Crippen molar-refractivity contribution in [3.8, 4) is 5.75 Å². The first-order valence-corrected chi connectivity index (χ1v) is 29.5. The number of carbonyl (C=O) groups is 11. The zero-order chi connectivity index (χ0) is 60.5. The summed E-state index contributed by atoms with van der Waals surface area (Å²) in [6.45, 7) is 0.734. The lowest BCUT2D eigenvalue weighted by Crippen LogP contribution is -2.59. The number of rotatable bonds is 34. The second-order valence-electron chi connectivity index (χ2n) is 18.4. The van der Waals surface area contributed by atoms with Gasteiger partial charge in [0.25, 0.3) is 0 Å². The number of carboxylic acids is 2. The molecule has 0 aliphatic carbocycles. The molecular weight excluding hydrogens is 1130 g/mol. The molecule has 3 aromatic carbocycles. The van der Waals surface area contributed by atoms with E-state index in [1.165, 1.54) is 42.6 Å². The molecule has 0 spiro atoms. The zero-order valence-corrected chi connectivity index (χ0v) is 47.2. The molecule has 1 aromatic heterocycles. The lowest BCUT2D eigenvalue weighted by molar-refractivity contribution is -0.141. The minimum atomic E-state index is -4.88. The molecule has 0 unspecified atom stereocenters. The van der Waals surface area contributed by atoms with Crippen LogP contribution in [0.2, 0.25) is 0 Å². The van der Waals surface area contributed by atoms with Crippen LogP contribution in [0, 0.1) is 0 Å². The summed E-state index contributed by atoms with van der Waals surface area (Å²) in [6.07, 6.45) is 2.51. The number of aromatic nitrogens is 1. The fourth-order valence-corrected chi connectivity index (χ4v) is 9.22. The fraction of sp³-hybridized carbons (Fsp3) is 0.404. The molecular formula is C52H66N10O17S3. The molecule has 1 heterocycles. The first-order chi connectivity index (χ1) is 38.9. The number of thioether (sulfide) groups is 2. The summed E-state index contributed by atoms with van der Waals surface area (Å²) in [5.74, 6) is -11.0. The van der Waals surface area contributed by atoms with Crippen LogP contribution in [-0.2, 0) is 82.4 Å². The predicted octanol–water partition coefficient (Wildman–Crippen LogP) is -0.762. The number of H-pyrrole nitrogens is 1. The van der Waals surface area contributed by atoms with Gasteiger partial charge in [-0.05, 0) is 71.7 Å². The molecule has 0 aliphatic heterocycles. The number of fused-ring (bicyclic) bond motifs is 1. The van der Waals surface area contributed by atoms with Crippen molar-refractivity contribution in [2.45, 2.75) is 101 Å². The van der Waals surface area contributed by atoms with Gasteiger partial charge in [0.05, 0.1) is 25.4 Å². The van der Waals surface area contributed by atoms with E-state index in [0.29, 0.717) is 27.6 Å². The smallest absolute Gasteiger partial charge is 0.446 e. The number of para-hydroxylation sites is 1. The first-order valence-electron chi connectivity index (χ1n) is 25.3. The Bertz CT molecular complexity index is 3020. The molecule has 82 heavy (non-hydrogen) atoms. The molecule has 4 aromatic rings. The molecule has 4 rings (SSSR count). The molecule has 14 N–H and O–H groups in total. The molecule has 0 saturated heterocycles. The van der Waals surface area contributed by atoms with Gasteiger partial charge >= 0.3 is 22.3 Å². The Morgan fingerprint density at radius 1 is 0.573 bits per heavy atom. The van der Waals surface area contributed by atoms with Gasteiger partial charge in [-0.1, -0.05) is 67.6 Å². The highest BCUT2D eigenvalue weighted by Gasteiger charge is 2.34. The molecule has 444 valence electrons. The quantitative estimate of drug-likeness (QED) is 0.0256. The predicted molar refractivity (Wildman–Crippen MR) is 301 cm³/mol. The van der Waals surface area contributed by atoms with Crippen molar-refractivity contribution in [2.75, 3.05) is 30.6 Å². The topological polar surface area (TPSA) is 430 Å². The van der Waals surface area contributed by atoms with E-state index in [0.717, 1.165) is 12.1 Å². The van der Waals surface area contributed by atoms with Crippen molar-refractivity contribution in [2.24, 2.45) is 5.73 Å². The van der Waals surface area contributed by atoms with Crippen LogP contribution < -0.4 is 52.5 Å². The third kappa shape index (κ3) is 22.8. The van der Waals surface area contributed by atoms with E-state index in [9.17, 15) is 71.4 Å². The number of hydrogen-bond donors (Lipinski definition) is 13. The number of nitrogens with two attached hydrogens (primary N) is 1. The van der Waals surface area contributed by atoms with Crippen LogP contribution in [0.4, 0.5) is 0 Å². The van der Waals surface area contributed by atoms with Crippen LogP contribution in [0.5, 0.6) is 5.75 Å². The van der Waals surface area contributed by atoms with E-state index < -0.39 is 137 Å². The largest absolute Gasteiger partial charge is 0.481 e. The number of benzene rings is 3. The number of nitrogens with one attached hydrogen (secondary N) is 9. The second-order valence-corrected chi connectivity index (χ2v) is 21.4. The molecule has 9 amide bonds. The molecule has 0 saturated carbocycles. The van der Waals surface area contributed by atoms with Crippen molar-refractivity contribution < 1.29 is 80.1 Å². The standard InChI is InChI=1S/C52H66N10O17S3/c1-4-42(63)62-52(75)39(22-29-10-6-5-7-11-29)60-51(74)41(26-45(67)68)61-48(71)37(19-21-81-3)58-50(73)40(24-31-27-54-35-13-9-8-12-33(31)35)56-43(64)28-55-47(70)36(18-20-80-2)57-49(72)38(59-46(69)34(53)25-44(65)66)23-30-14-16-32(17-15-30)79-82(76,77)78/h5-17,27,34,36-41,54H,4,18-26,28,53H2,1-3H3,(H,55,70)(H,56,64)(H,57,72)(H,58,73)(H,59,69)(H,60,74)(H,61,71)(H,65,66)(H,67,68)(H,62,63,75)(H,76,77,78)/t34-,36-,37-,38-,39-,40-,41-/m0/s1. The van der Waals surface area contributed by atoms with E-state index in [1.54, 1.807) is 73.3 Å². The Balaban J connectivity index is 1.56. The van der Waals surface area contributed by atoms with E-state index in [1.807, 2.05) is 0 Å². The third-order valence-corrected chi connectivity index (χ3v) is 13.8. The maximum Gasteiger partial charge on any atom is 0.446 e. The molecule has 0 radical (unpaired) electrons. The Morgan fingerprint density at radius 2 is 1.06 bits per heavy atom. The summed E-state index contributed by atoms with van der Waals surface area (Å²) >= 11 is 2.59. The average Bonchev–Trinajstić information content (AvgIpc) is 3.89. The highest BCUT2D eigenvalue weighted by atomic mass is 32.3. The molecule has 27 nitrogen and oxygen atoms in total. The number of carboxylic acid groups (broad SMARTS) is 2. The summed E-state index contributed by atoms with van der Waals surface area (Å²) in [7, 11) is -4.88. The van der Waals surface area contributed by atoms with Crippen LogP contribution in [0.15, 0.2) is 85.1 Å². The molecule has 0 fully saturated rings. The van der Waals surface area contributed by atoms with Gasteiger partial charge < -0.3 is 62.3 Å². The number of carbonyl (C=O) groups excluding carboxylic acids is 9. The van der Waals surface area contributed by atoms with Crippen LogP contribution in [0.25, 0.3) is 10.9 Å². The van der Waals surface area contributed by atoms with E-state index in [-0.39, 0.29) is 55.8 Å². The van der Waals surface area contributed by atoms with Crippen LogP contribution in [0.3, 0.4) is 0 Å². The maximum absolute atomic E-state index is 14.4. The van der Waals surface area contributed by atoms with Crippen molar-refractivity contribution in [1.29, 1.82) is 0 Å². The lowest BCUT2D eigenvalue weighted by atomic mass is 10.0. The normalized spacial score (nSPS) is 13.7. The fourth-order valence-electron chi connectivity index (χ4n) is 7.93. The number of amides is 9. The Morgan fingerprint density at radius 3 is 1.63 bits per heavy atom. The van der Waals surface area contributed by atoms with Gasteiger partial charge in [-0.25, -0.2) is 0 Å². The third-order valence-electron chi connectivity index (χ3n) is 12.1. The van der Waals surface area contributed by atoms with Gasteiger partial charge in [0.2, 0.25) is 53.2 Å². The van der Waals surface area contributed by atoms with Crippen molar-refractivity contribution >= 4 is 110 Å². The molecule has 0 aliphatic rings. The van der Waals surface area contributed by atoms with E-state index in [2.05, 4.69) is 51.7 Å². The van der Waals surface area contributed by atoms with Gasteiger partial charge in [-0.2, -0.15) is 31.9 Å². The second kappa shape index (κ2) is 33.0. The van der Waals surface area contributed by atoms with Crippen LogP contribution in [-0.4, -0.2) is 166 Å². The summed E-state index contributed by atoms with van der Waals surface area (Å²) in [5.41, 5.74) is 7.87. The number of aromatic amines is 1. The molecule has 30 heteroatoms. The summed E-state index contributed by atoms with van der Waals surface area (Å²) in [4.78, 5) is 149. The number of aliphatic carboxylic acids is 2. The Hall–Kier alpha value is -8.06. The molecule has 0 bridgehead atoms. The average molecular weight is 1200 g/mol. The van der Waals surface area contributed by atoms with Crippen molar-refractivity contribution in [3.63, 3.8) is 0 Å². The Kier molecular flexibility index (Phi) is 26.7. The van der Waals surface area contributed by atoms with Crippen LogP contribution >= 0.6 is 23.5 Å². The summed E-state index contributed by atoms with van der Waals surface area (Å²) in [6, 6.07) is 9.77. The number of imide groups is 1. The van der Waals surface area contributed by atoms with Gasteiger partial charge in [0, 0.05) is 42.8 Å². The van der Waals surface area contributed by atoms with Gasteiger partial charge in [-0.15, -0.1) is 0 Å². The van der Waals surface area contributed by atoms with Gasteiger partial charge in [0.1, 0.15) is 42.0 Å². The highest BCUT2D eigenvalue weighted by molar-refractivity contribution is 7.98. The minimum Gasteiger partial charge on any atom is -0.481 e. The summed E-state index contributed by atoms with van der Waals surface area (Å²) in [5, 5.41) is 39.3. The van der Waals surface area contributed by atoms with Gasteiger partial charge in [-0.3, -0.25) is 62.6 Å². The minimum absolute atomic E-state index is 0.0230. The lowest BCUT2D eigenvalue weighted by Gasteiger charge is -2.26. The SMILES string of the molecule is CCC(=O)NC(=O)[C@H](Cc1ccccc1)NC(=O)[C@H](CC(=O)O)NC(=O)[C@H](CCSC)NC(=O)[C@H](Cc1c[nH]c2ccccc12)NC(=O)CNC(=O)[C@H](CCSC)NC(=O)[C@H](Cc1ccc(OS(=O)(=O)O)cc1)NC(=O)[C@@H](N)CC(=O)O. The Labute approximate surface area is 479 Å². The van der Waals surface area contributed by atoms with Crippen molar-refractivity contribution in [3.05, 3.63) is 102 Å². The van der Waals surface area contributed by atoms with Gasteiger partial charge in [0.15, 0.2) is 0 Å². The van der Waals surface area contributed by atoms with E-state index >= 15 is 0 Å². The first kappa shape index (κ1) is 66.5. The van der Waals surface area contributed by atoms with Crippen LogP contribution in [0.1, 0.15) is 55.7 Å². The van der Waals surface area contributed by atoms with E-state index in [4.69, 9.17) is 10.3 Å². The molecule has 7 atom stereocenters. The summed E-state index contributed by atoms with van der Waals surface area (Å²) < 4.78 is 35.9. The zero-order valence-electron chi connectivity index (χ0n) is 44.8. The monoisotopic (exact) mass is 1200 g/mol. The highest BCUT2D eigenvalue weighted by Crippen LogP contribution is 2.20.